The number of sulfone groups is 1. The molecule has 96 valence electrons. The first-order chi connectivity index (χ1) is 7.02. The topological polar surface area (TPSA) is 83.5 Å². The molecule has 1 unspecified atom stereocenters. The van der Waals surface area contributed by atoms with Crippen molar-refractivity contribution in [2.75, 3.05) is 18.6 Å². The molecule has 2 N–H and O–H groups in total. The van der Waals surface area contributed by atoms with Crippen molar-refractivity contribution in [1.82, 2.24) is 5.32 Å². The molecule has 16 heavy (non-hydrogen) atoms. The summed E-state index contributed by atoms with van der Waals surface area (Å²) in [6.07, 6.45) is -6.96. The van der Waals surface area contributed by atoms with E-state index < -0.39 is 46.7 Å². The van der Waals surface area contributed by atoms with Gasteiger partial charge in [-0.25, -0.2) is 8.42 Å². The third kappa shape index (κ3) is 7.46. The van der Waals surface area contributed by atoms with Gasteiger partial charge in [0.1, 0.15) is 9.84 Å². The zero-order valence-corrected chi connectivity index (χ0v) is 9.23. The van der Waals surface area contributed by atoms with Gasteiger partial charge in [0.2, 0.25) is 5.91 Å². The quantitative estimate of drug-likeness (QED) is 0.698. The second kappa shape index (κ2) is 5.48. The zero-order chi connectivity index (χ0) is 13.0. The van der Waals surface area contributed by atoms with Crippen molar-refractivity contribution in [3.05, 3.63) is 0 Å². The van der Waals surface area contributed by atoms with Crippen LogP contribution in [0.25, 0.3) is 0 Å². The van der Waals surface area contributed by atoms with Gasteiger partial charge < -0.3 is 10.4 Å². The Morgan fingerprint density at radius 1 is 1.44 bits per heavy atom. The largest absolute Gasteiger partial charge is 0.416 e. The molecule has 0 aromatic rings. The highest BCUT2D eigenvalue weighted by atomic mass is 32.2. The van der Waals surface area contributed by atoms with E-state index in [1.165, 1.54) is 0 Å². The third-order valence-electron chi connectivity index (χ3n) is 1.57. The fraction of sp³-hybridized carbons (Fsp3) is 0.857. The Balaban J connectivity index is 3.92. The van der Waals surface area contributed by atoms with Crippen LogP contribution in [-0.2, 0) is 14.6 Å². The van der Waals surface area contributed by atoms with E-state index in [2.05, 4.69) is 0 Å². The van der Waals surface area contributed by atoms with Gasteiger partial charge in [0.15, 0.2) is 6.10 Å². The number of carbonyl (C=O) groups is 1. The number of halogens is 3. The maximum Gasteiger partial charge on any atom is 0.416 e. The van der Waals surface area contributed by atoms with E-state index >= 15 is 0 Å². The Labute approximate surface area is 90.6 Å². The minimum Gasteiger partial charge on any atom is -0.382 e. The van der Waals surface area contributed by atoms with Crippen molar-refractivity contribution in [3.63, 3.8) is 0 Å². The maximum atomic E-state index is 11.8. The van der Waals surface area contributed by atoms with Crippen molar-refractivity contribution in [3.8, 4) is 0 Å². The molecule has 0 aromatic heterocycles. The van der Waals surface area contributed by atoms with Crippen LogP contribution in [0.1, 0.15) is 6.42 Å². The molecule has 0 fully saturated rings. The number of aliphatic hydroxyl groups excluding tert-OH is 1. The van der Waals surface area contributed by atoms with E-state index in [9.17, 15) is 26.4 Å². The van der Waals surface area contributed by atoms with E-state index in [0.29, 0.717) is 0 Å². The summed E-state index contributed by atoms with van der Waals surface area (Å²) in [5.41, 5.74) is 0. The number of hydrogen-bond donors (Lipinski definition) is 2. The van der Waals surface area contributed by atoms with E-state index in [0.717, 1.165) is 6.26 Å². The first-order valence-electron chi connectivity index (χ1n) is 4.21. The van der Waals surface area contributed by atoms with Crippen LogP contribution in [-0.4, -0.2) is 50.3 Å². The molecule has 0 spiro atoms. The highest BCUT2D eigenvalue weighted by molar-refractivity contribution is 7.90. The summed E-state index contributed by atoms with van der Waals surface area (Å²) < 4.78 is 56.6. The summed E-state index contributed by atoms with van der Waals surface area (Å²) in [4.78, 5) is 10.9. The molecule has 0 saturated heterocycles. The van der Waals surface area contributed by atoms with Crippen LogP contribution in [0.2, 0.25) is 0 Å². The van der Waals surface area contributed by atoms with Crippen LogP contribution in [0.4, 0.5) is 13.2 Å². The fourth-order valence-electron chi connectivity index (χ4n) is 0.693. The average Bonchev–Trinajstić information content (AvgIpc) is 2.08. The second-order valence-corrected chi connectivity index (χ2v) is 5.50. The molecule has 0 aliphatic rings. The predicted octanol–water partition coefficient (Wildman–Crippen LogP) is -0.539. The lowest BCUT2D eigenvalue weighted by atomic mass is 10.3. The van der Waals surface area contributed by atoms with Gasteiger partial charge in [0, 0.05) is 12.7 Å². The molecule has 0 heterocycles. The number of rotatable bonds is 5. The number of amides is 1. The SMILES string of the molecule is CS(=O)(=O)CCC(=O)NCC(O)C(F)(F)F. The molecular formula is C7H12F3NO4S. The molecule has 1 amide bonds. The molecule has 0 saturated carbocycles. The lowest BCUT2D eigenvalue weighted by Crippen LogP contribution is -2.41. The molecule has 0 rings (SSSR count). The van der Waals surface area contributed by atoms with Gasteiger partial charge in [-0.3, -0.25) is 4.79 Å². The van der Waals surface area contributed by atoms with Gasteiger partial charge in [-0.1, -0.05) is 0 Å². The Morgan fingerprint density at radius 3 is 2.31 bits per heavy atom. The molecule has 9 heteroatoms. The number of nitrogens with one attached hydrogen (secondary N) is 1. The number of carbonyl (C=O) groups excluding carboxylic acids is 1. The first-order valence-corrected chi connectivity index (χ1v) is 6.27. The van der Waals surface area contributed by atoms with Crippen molar-refractivity contribution in [2.24, 2.45) is 0 Å². The number of hydrogen-bond acceptors (Lipinski definition) is 4. The Hall–Kier alpha value is -0.830. The standard InChI is InChI=1S/C7H12F3NO4S/c1-16(14,15)3-2-6(13)11-4-5(12)7(8,9)10/h5,12H,2-4H2,1H3,(H,11,13). The second-order valence-electron chi connectivity index (χ2n) is 3.24. The summed E-state index contributed by atoms with van der Waals surface area (Å²) >= 11 is 0. The van der Waals surface area contributed by atoms with E-state index in [1.54, 1.807) is 5.32 Å². The van der Waals surface area contributed by atoms with Crippen LogP contribution < -0.4 is 5.32 Å². The summed E-state index contributed by atoms with van der Waals surface area (Å²) in [6, 6.07) is 0. The minimum absolute atomic E-state index is 0.427. The van der Waals surface area contributed by atoms with E-state index in [1.807, 2.05) is 0 Å². The lowest BCUT2D eigenvalue weighted by molar-refractivity contribution is -0.201. The molecule has 0 aromatic carbocycles. The third-order valence-corrected chi connectivity index (χ3v) is 2.52. The van der Waals surface area contributed by atoms with E-state index in [4.69, 9.17) is 5.11 Å². The summed E-state index contributed by atoms with van der Waals surface area (Å²) in [5, 5.41) is 10.3. The van der Waals surface area contributed by atoms with E-state index in [-0.39, 0.29) is 0 Å². The summed E-state index contributed by atoms with van der Waals surface area (Å²) in [6.45, 7) is -0.980. The molecular weight excluding hydrogens is 251 g/mol. The fourth-order valence-corrected chi connectivity index (χ4v) is 1.25. The highest BCUT2D eigenvalue weighted by Gasteiger charge is 2.38. The normalized spacial score (nSPS) is 14.6. The van der Waals surface area contributed by atoms with Crippen LogP contribution in [0.3, 0.4) is 0 Å². The van der Waals surface area contributed by atoms with Gasteiger partial charge in [0.05, 0.1) is 12.3 Å². The molecule has 0 bridgehead atoms. The molecule has 5 nitrogen and oxygen atoms in total. The Morgan fingerprint density at radius 2 is 1.94 bits per heavy atom. The van der Waals surface area contributed by atoms with Crippen LogP contribution in [0, 0.1) is 0 Å². The molecule has 0 aliphatic heterocycles. The lowest BCUT2D eigenvalue weighted by Gasteiger charge is -2.14. The Bertz CT molecular complexity index is 338. The number of alkyl halides is 3. The minimum atomic E-state index is -4.80. The molecule has 0 radical (unpaired) electrons. The van der Waals surface area contributed by atoms with Crippen LogP contribution >= 0.6 is 0 Å². The Kier molecular flexibility index (Phi) is 5.20. The highest BCUT2D eigenvalue weighted by Crippen LogP contribution is 2.19. The van der Waals surface area contributed by atoms with Gasteiger partial charge >= 0.3 is 6.18 Å². The van der Waals surface area contributed by atoms with Gasteiger partial charge in [-0.05, 0) is 0 Å². The van der Waals surface area contributed by atoms with Crippen molar-refractivity contribution in [1.29, 1.82) is 0 Å². The monoisotopic (exact) mass is 263 g/mol. The van der Waals surface area contributed by atoms with Gasteiger partial charge in [-0.2, -0.15) is 13.2 Å². The summed E-state index contributed by atoms with van der Waals surface area (Å²) in [5.74, 6) is -1.30. The van der Waals surface area contributed by atoms with Crippen molar-refractivity contribution < 1.29 is 31.5 Å². The average molecular weight is 263 g/mol. The van der Waals surface area contributed by atoms with Crippen molar-refractivity contribution in [2.45, 2.75) is 18.7 Å². The smallest absolute Gasteiger partial charge is 0.382 e. The van der Waals surface area contributed by atoms with Gasteiger partial charge in [-0.15, -0.1) is 0 Å². The molecule has 1 atom stereocenters. The predicted molar refractivity (Wildman–Crippen MR) is 49.4 cm³/mol. The summed E-state index contributed by atoms with van der Waals surface area (Å²) in [7, 11) is -3.33. The number of aliphatic hydroxyl groups is 1. The first kappa shape index (κ1) is 15.2. The zero-order valence-electron chi connectivity index (χ0n) is 8.41. The van der Waals surface area contributed by atoms with Crippen LogP contribution in [0.15, 0.2) is 0 Å². The van der Waals surface area contributed by atoms with Gasteiger partial charge in [0.25, 0.3) is 0 Å². The van der Waals surface area contributed by atoms with Crippen molar-refractivity contribution >= 4 is 15.7 Å². The van der Waals surface area contributed by atoms with Crippen LogP contribution in [0.5, 0.6) is 0 Å². The maximum absolute atomic E-state index is 11.8. The molecule has 0 aliphatic carbocycles.